The summed E-state index contributed by atoms with van der Waals surface area (Å²) < 4.78 is 11.3. The molecular weight excluding hydrogens is 434 g/mol. The molecule has 2 aliphatic heterocycles. The molecule has 0 aromatic heterocycles. The summed E-state index contributed by atoms with van der Waals surface area (Å²) in [5.41, 5.74) is 6.53. The number of rotatable bonds is 9. The molecule has 0 aliphatic carbocycles. The minimum absolute atomic E-state index is 0.118. The van der Waals surface area contributed by atoms with E-state index in [2.05, 4.69) is 10.2 Å². The van der Waals surface area contributed by atoms with Gasteiger partial charge >= 0.3 is 6.03 Å². The van der Waals surface area contributed by atoms with Crippen LogP contribution in [0.25, 0.3) is 0 Å². The van der Waals surface area contributed by atoms with Gasteiger partial charge in [0.2, 0.25) is 0 Å². The molecule has 2 fully saturated rings. The van der Waals surface area contributed by atoms with Crippen molar-refractivity contribution >= 4 is 29.2 Å². The number of carbonyl (C=O) groups is 2. The molecule has 178 valence electrons. The van der Waals surface area contributed by atoms with Gasteiger partial charge in [-0.2, -0.15) is 0 Å². The fourth-order valence-electron chi connectivity index (χ4n) is 4.29. The number of likely N-dealkylation sites (N-methyl/N-ethyl adjacent to an activating group) is 1. The number of carbonyl (C=O) groups excluding carboxylic acids is 2. The zero-order valence-electron chi connectivity index (χ0n) is 19.1. The van der Waals surface area contributed by atoms with E-state index in [0.29, 0.717) is 41.7 Å². The highest BCUT2D eigenvalue weighted by Crippen LogP contribution is 2.29. The summed E-state index contributed by atoms with van der Waals surface area (Å²) in [6, 6.07) is 3.07. The number of piperidine rings is 1. The number of benzene rings is 1. The van der Waals surface area contributed by atoms with Crippen molar-refractivity contribution in [1.29, 1.82) is 0 Å². The molecule has 10 heteroatoms. The molecule has 0 spiro atoms. The normalized spacial score (nSPS) is 21.8. The summed E-state index contributed by atoms with van der Waals surface area (Å²) in [5.74, 6) is 0.112. The van der Waals surface area contributed by atoms with Crippen LogP contribution < -0.4 is 15.8 Å². The van der Waals surface area contributed by atoms with E-state index in [4.69, 9.17) is 26.8 Å². The molecule has 2 atom stereocenters. The predicted octanol–water partition coefficient (Wildman–Crippen LogP) is 1.90. The SMILES string of the molecule is CCO[C@H]1CN(CCN2CCN(CC)C2=O)CC[C@H]1NC(=O)c1cc(Cl)c(N)cc1OC. The molecule has 0 bridgehead atoms. The summed E-state index contributed by atoms with van der Waals surface area (Å²) in [5, 5.41) is 3.40. The van der Waals surface area contributed by atoms with Gasteiger partial charge in [0, 0.05) is 58.5 Å². The average Bonchev–Trinajstić information content (AvgIpc) is 3.14. The summed E-state index contributed by atoms with van der Waals surface area (Å²) >= 11 is 6.12. The Hall–Kier alpha value is -2.23. The highest BCUT2D eigenvalue weighted by Gasteiger charge is 2.33. The Labute approximate surface area is 194 Å². The van der Waals surface area contributed by atoms with Crippen molar-refractivity contribution in [3.8, 4) is 5.75 Å². The maximum Gasteiger partial charge on any atom is 0.320 e. The molecule has 9 nitrogen and oxygen atoms in total. The Bertz CT molecular complexity index is 824. The quantitative estimate of drug-likeness (QED) is 0.538. The third kappa shape index (κ3) is 5.57. The largest absolute Gasteiger partial charge is 0.496 e. The number of nitrogens with zero attached hydrogens (tertiary/aromatic N) is 3. The Morgan fingerprint density at radius 3 is 2.62 bits per heavy atom. The Kier molecular flexibility index (Phi) is 8.44. The van der Waals surface area contributed by atoms with Crippen LogP contribution in [0, 0.1) is 0 Å². The van der Waals surface area contributed by atoms with E-state index in [1.165, 1.54) is 13.2 Å². The molecule has 0 unspecified atom stereocenters. The van der Waals surface area contributed by atoms with Gasteiger partial charge in [0.15, 0.2) is 0 Å². The first-order chi connectivity index (χ1) is 15.4. The first kappa shape index (κ1) is 24.4. The highest BCUT2D eigenvalue weighted by atomic mass is 35.5. The van der Waals surface area contributed by atoms with Crippen molar-refractivity contribution in [3.05, 3.63) is 22.7 Å². The summed E-state index contributed by atoms with van der Waals surface area (Å²) in [6.45, 7) is 9.81. The molecule has 0 saturated carbocycles. The lowest BCUT2D eigenvalue weighted by Crippen LogP contribution is -2.56. The van der Waals surface area contributed by atoms with Gasteiger partial charge in [0.1, 0.15) is 5.75 Å². The van der Waals surface area contributed by atoms with Gasteiger partial charge in [-0.15, -0.1) is 0 Å². The minimum Gasteiger partial charge on any atom is -0.496 e. The van der Waals surface area contributed by atoms with Crippen molar-refractivity contribution in [2.75, 3.05) is 65.3 Å². The molecule has 3 amide bonds. The number of ether oxygens (including phenoxy) is 2. The van der Waals surface area contributed by atoms with Crippen LogP contribution in [0.5, 0.6) is 5.75 Å². The topological polar surface area (TPSA) is 100 Å². The molecule has 1 aromatic carbocycles. The second-order valence-corrected chi connectivity index (χ2v) is 8.49. The van der Waals surface area contributed by atoms with E-state index >= 15 is 0 Å². The van der Waals surface area contributed by atoms with E-state index in [1.54, 1.807) is 6.07 Å². The monoisotopic (exact) mass is 467 g/mol. The summed E-state index contributed by atoms with van der Waals surface area (Å²) in [6.07, 6.45) is 0.602. The summed E-state index contributed by atoms with van der Waals surface area (Å²) in [4.78, 5) is 31.4. The number of anilines is 1. The zero-order chi connectivity index (χ0) is 23.3. The molecule has 3 rings (SSSR count). The Morgan fingerprint density at radius 1 is 1.22 bits per heavy atom. The maximum atomic E-state index is 13.0. The van der Waals surface area contributed by atoms with Crippen LogP contribution in [0.3, 0.4) is 0 Å². The third-order valence-corrected chi connectivity index (χ3v) is 6.48. The van der Waals surface area contributed by atoms with E-state index in [9.17, 15) is 9.59 Å². The maximum absolute atomic E-state index is 13.0. The van der Waals surface area contributed by atoms with Gasteiger partial charge in [0.25, 0.3) is 5.91 Å². The number of methoxy groups -OCH3 is 1. The van der Waals surface area contributed by atoms with Crippen molar-refractivity contribution in [3.63, 3.8) is 0 Å². The predicted molar refractivity (Wildman–Crippen MR) is 124 cm³/mol. The van der Waals surface area contributed by atoms with E-state index < -0.39 is 0 Å². The zero-order valence-corrected chi connectivity index (χ0v) is 19.9. The number of likely N-dealkylation sites (tertiary alicyclic amines) is 1. The number of hydrogen-bond acceptors (Lipinski definition) is 6. The first-order valence-corrected chi connectivity index (χ1v) is 11.6. The first-order valence-electron chi connectivity index (χ1n) is 11.2. The lowest BCUT2D eigenvalue weighted by molar-refractivity contribution is -0.0164. The fourth-order valence-corrected chi connectivity index (χ4v) is 4.45. The Morgan fingerprint density at radius 2 is 1.97 bits per heavy atom. The van der Waals surface area contributed by atoms with Crippen LogP contribution in [0.2, 0.25) is 5.02 Å². The third-order valence-electron chi connectivity index (χ3n) is 6.15. The van der Waals surface area contributed by atoms with Crippen molar-refractivity contribution < 1.29 is 19.1 Å². The number of hydrogen-bond donors (Lipinski definition) is 2. The molecule has 0 radical (unpaired) electrons. The molecule has 1 aromatic rings. The number of halogens is 1. The highest BCUT2D eigenvalue weighted by molar-refractivity contribution is 6.33. The van der Waals surface area contributed by atoms with Gasteiger partial charge in [-0.3, -0.25) is 9.69 Å². The van der Waals surface area contributed by atoms with Crippen LogP contribution in [0.1, 0.15) is 30.6 Å². The van der Waals surface area contributed by atoms with Crippen LogP contribution in [-0.4, -0.2) is 98.3 Å². The average molecular weight is 468 g/mol. The minimum atomic E-state index is -0.269. The number of amides is 3. The standard InChI is InChI=1S/C22H34ClN5O4/c1-4-27-10-11-28(22(27)30)9-8-26-7-6-18(20(14-26)32-5-2)25-21(29)15-12-16(23)17(24)13-19(15)31-3/h12-13,18,20H,4-11,14,24H2,1-3H3,(H,25,29)/t18-,20+/m1/s1. The number of nitrogens with one attached hydrogen (secondary N) is 1. The van der Waals surface area contributed by atoms with E-state index in [0.717, 1.165) is 39.1 Å². The van der Waals surface area contributed by atoms with Crippen molar-refractivity contribution in [2.24, 2.45) is 0 Å². The van der Waals surface area contributed by atoms with Crippen LogP contribution in [0.15, 0.2) is 12.1 Å². The molecule has 2 heterocycles. The van der Waals surface area contributed by atoms with Gasteiger partial charge in [0.05, 0.1) is 35.5 Å². The van der Waals surface area contributed by atoms with Crippen molar-refractivity contribution in [2.45, 2.75) is 32.4 Å². The van der Waals surface area contributed by atoms with Gasteiger partial charge < -0.3 is 30.3 Å². The summed E-state index contributed by atoms with van der Waals surface area (Å²) in [7, 11) is 1.49. The number of urea groups is 1. The van der Waals surface area contributed by atoms with Crippen LogP contribution >= 0.6 is 11.6 Å². The van der Waals surface area contributed by atoms with Gasteiger partial charge in [-0.25, -0.2) is 4.79 Å². The second kappa shape index (κ2) is 11.1. The van der Waals surface area contributed by atoms with Gasteiger partial charge in [-0.1, -0.05) is 11.6 Å². The Balaban J connectivity index is 1.59. The molecule has 32 heavy (non-hydrogen) atoms. The van der Waals surface area contributed by atoms with E-state index in [-0.39, 0.29) is 24.1 Å². The molecular formula is C22H34ClN5O4. The fraction of sp³-hybridized carbons (Fsp3) is 0.636. The molecule has 2 aliphatic rings. The van der Waals surface area contributed by atoms with Gasteiger partial charge in [-0.05, 0) is 26.3 Å². The lowest BCUT2D eigenvalue weighted by Gasteiger charge is -2.39. The number of nitrogens with two attached hydrogens (primary N) is 1. The second-order valence-electron chi connectivity index (χ2n) is 8.09. The smallest absolute Gasteiger partial charge is 0.320 e. The van der Waals surface area contributed by atoms with Crippen molar-refractivity contribution in [1.82, 2.24) is 20.0 Å². The molecule has 3 N–H and O–H groups in total. The number of nitrogen functional groups attached to an aromatic ring is 1. The lowest BCUT2D eigenvalue weighted by atomic mass is 10.0. The van der Waals surface area contributed by atoms with Crippen LogP contribution in [-0.2, 0) is 4.74 Å². The van der Waals surface area contributed by atoms with E-state index in [1.807, 2.05) is 23.6 Å². The molecule has 2 saturated heterocycles. The van der Waals surface area contributed by atoms with Crippen LogP contribution in [0.4, 0.5) is 10.5 Å².